The number of aryl methyl sites for hydroxylation is 1. The number of amides is 3. The SMILES string of the molecule is COc1cc2c(cc1OCc1cc(COc3cc4c(cc3OC)C(=O)N3Cc5ccccc5C[C@H]3N=C4)cc(OS(=O)(=O)Oc3cc(C(=O)CCCOCCn4cc(COCCNC(=O)[C@@H](CC(=O)c5cccc(C(=O)CCS(=O)(=O)c6ccc(C)cc6)c5)CS(=O)(=O)O)nn4)ccc3OC3O[C@H](CO)[C@H](O)[C@H](O)[C@H]3O)c1)C=N[C@@H]1Cc3ccccc3CN1C2=O. The highest BCUT2D eigenvalue weighted by Gasteiger charge is 2.46. The first-order chi connectivity index (χ1) is 60.5. The van der Waals surface area contributed by atoms with E-state index in [0.29, 0.717) is 53.9 Å². The first-order valence-electron chi connectivity index (χ1n) is 40.1. The number of ketones is 3. The molecule has 0 bridgehead atoms. The van der Waals surface area contributed by atoms with E-state index in [1.807, 2.05) is 48.5 Å². The number of carbonyl (C=O) groups is 6. The van der Waals surface area contributed by atoms with E-state index in [-0.39, 0.29) is 139 Å². The molecular weight excluding hydrogens is 1700 g/mol. The standard InChI is InChI=1S/C88H90N8O27S3/c1-52-17-20-67(21-18-52)124(107,108)29-23-71(99)57-14-8-15-58(33-57)72(100)34-64(51-125(109,110)111)85(104)89-24-27-117-50-65-46-94(93-92-65)25-28-116-26-9-16-70(98)59-19-22-73(120-88-84(103)83(102)82(101)79(47-97)121-88)78(35-59)123-126(112,113)122-66-31-53(48-118-76-36-62-42-90-80-38-55-10-4-6-12-60(55)44-95(80)86(105)68(62)40-74(76)114-2)30-54(32-66)49-119-77-37-63-43-91-81-39-56-11-5-7-13-61(56)45-96(81)87(106)69(63)41-75(77)115-3/h4-8,10-15,17-22,30-33,35-37,40-43,46,64,79-84,88,97,101-103H,9,16,23-29,34,38-39,44-45,47-51H2,1-3H3,(H,89,104)(H,109,110,111)/t64-,79+,80-,81-,82-,83-,84+,88?/m0/s1. The van der Waals surface area contributed by atoms with Crippen LogP contribution in [0.15, 0.2) is 179 Å². The van der Waals surface area contributed by atoms with Crippen molar-refractivity contribution < 1.29 is 125 Å². The van der Waals surface area contributed by atoms with Crippen LogP contribution in [0, 0.1) is 12.8 Å². The highest BCUT2D eigenvalue weighted by molar-refractivity contribution is 7.91. The van der Waals surface area contributed by atoms with Crippen LogP contribution in [-0.2, 0) is 102 Å². The van der Waals surface area contributed by atoms with Crippen molar-refractivity contribution in [3.63, 3.8) is 0 Å². The van der Waals surface area contributed by atoms with E-state index in [0.717, 1.165) is 39.9 Å². The number of fused-ring (bicyclic) bond motifs is 6. The Balaban J connectivity index is 0.613. The van der Waals surface area contributed by atoms with Crippen molar-refractivity contribution in [2.45, 2.75) is 133 Å². The molecular formula is C88H90N8O27S3. The van der Waals surface area contributed by atoms with E-state index in [9.17, 15) is 79.0 Å². The molecule has 14 rings (SSSR count). The summed E-state index contributed by atoms with van der Waals surface area (Å²) in [4.78, 5) is 95.6. The number of methoxy groups -OCH3 is 2. The summed E-state index contributed by atoms with van der Waals surface area (Å²) in [6.07, 6.45) is -5.30. The third kappa shape index (κ3) is 22.0. The van der Waals surface area contributed by atoms with Crippen LogP contribution < -0.4 is 37.4 Å². The maximum absolute atomic E-state index is 14.6. The average molecular weight is 1790 g/mol. The molecule has 38 heteroatoms. The monoisotopic (exact) mass is 1790 g/mol. The molecule has 1 aromatic heterocycles. The molecule has 1 saturated heterocycles. The lowest BCUT2D eigenvalue weighted by molar-refractivity contribution is -0.277. The highest BCUT2D eigenvalue weighted by atomic mass is 32.3. The normalized spacial score (nSPS) is 18.5. The number of sulfone groups is 1. The van der Waals surface area contributed by atoms with Gasteiger partial charge in [-0.15, -0.1) is 13.5 Å². The van der Waals surface area contributed by atoms with Crippen LogP contribution in [0.1, 0.15) is 133 Å². The summed E-state index contributed by atoms with van der Waals surface area (Å²) in [5.41, 5.74) is 7.37. The molecule has 6 N–H and O–H groups in total. The topological polar surface area (TPSA) is 472 Å². The van der Waals surface area contributed by atoms with Crippen LogP contribution in [0.5, 0.6) is 40.2 Å². The number of hydrogen-bond acceptors (Lipinski definition) is 30. The van der Waals surface area contributed by atoms with Gasteiger partial charge in [-0.25, -0.2) is 13.1 Å². The molecule has 0 radical (unpaired) electrons. The summed E-state index contributed by atoms with van der Waals surface area (Å²) in [6, 6.07) is 41.3. The van der Waals surface area contributed by atoms with Gasteiger partial charge in [0.2, 0.25) is 12.2 Å². The van der Waals surface area contributed by atoms with Gasteiger partial charge >= 0.3 is 10.4 Å². The summed E-state index contributed by atoms with van der Waals surface area (Å²) < 4.78 is 149. The van der Waals surface area contributed by atoms with Crippen molar-refractivity contribution in [2.75, 3.05) is 58.7 Å². The minimum Gasteiger partial charge on any atom is -0.493 e. The van der Waals surface area contributed by atoms with E-state index >= 15 is 0 Å². The zero-order valence-electron chi connectivity index (χ0n) is 68.4. The van der Waals surface area contributed by atoms with Crippen LogP contribution >= 0.6 is 0 Å². The first-order valence-corrected chi connectivity index (χ1v) is 44.7. The highest BCUT2D eigenvalue weighted by Crippen LogP contribution is 2.40. The average Bonchev–Trinajstić information content (AvgIpc) is 1.59. The molecule has 0 aliphatic carbocycles. The number of Topliss-reactive ketones (excluding diaryl/α,β-unsaturated/α-hetero) is 3. The summed E-state index contributed by atoms with van der Waals surface area (Å²) in [7, 11) is -11.1. The van der Waals surface area contributed by atoms with Gasteiger partial charge in [0.1, 0.15) is 61.4 Å². The fourth-order valence-corrected chi connectivity index (χ4v) is 17.7. The molecule has 8 atom stereocenters. The lowest BCUT2D eigenvalue weighted by atomic mass is 9.96. The Morgan fingerprint density at radius 3 is 1.77 bits per heavy atom. The van der Waals surface area contributed by atoms with Crippen LogP contribution in [-0.4, -0.2) is 224 Å². The minimum absolute atomic E-state index is 0.0229. The molecule has 8 aromatic carbocycles. The van der Waals surface area contributed by atoms with Gasteiger partial charge < -0.3 is 81.8 Å². The molecule has 1 unspecified atom stereocenters. The van der Waals surface area contributed by atoms with E-state index in [1.54, 1.807) is 77.8 Å². The van der Waals surface area contributed by atoms with Crippen LogP contribution in [0.2, 0.25) is 0 Å². The Bertz CT molecular complexity index is 5860. The molecule has 9 aromatic rings. The van der Waals surface area contributed by atoms with Gasteiger partial charge in [-0.3, -0.25) is 43.3 Å². The Morgan fingerprint density at radius 2 is 1.17 bits per heavy atom. The fourth-order valence-electron chi connectivity index (χ4n) is 15.0. The van der Waals surface area contributed by atoms with E-state index in [2.05, 4.69) is 15.6 Å². The summed E-state index contributed by atoms with van der Waals surface area (Å²) >= 11 is 0. The predicted octanol–water partition coefficient (Wildman–Crippen LogP) is 6.69. The smallest absolute Gasteiger partial charge is 0.493 e. The number of aliphatic imine (C=N–C) groups is 2. The van der Waals surface area contributed by atoms with Crippen molar-refractivity contribution in [1.29, 1.82) is 0 Å². The number of aromatic nitrogens is 3. The number of aliphatic hydroxyl groups is 4. The molecule has 6 heterocycles. The second-order valence-corrected chi connectivity index (χ2v) is 35.3. The second kappa shape index (κ2) is 39.5. The van der Waals surface area contributed by atoms with Gasteiger partial charge in [0.05, 0.1) is 86.8 Å². The van der Waals surface area contributed by atoms with Gasteiger partial charge in [-0.05, 0) is 126 Å². The molecule has 0 saturated carbocycles. The largest absolute Gasteiger partial charge is 0.501 e. The van der Waals surface area contributed by atoms with Crippen LogP contribution in [0.3, 0.4) is 0 Å². The molecule has 1 fully saturated rings. The van der Waals surface area contributed by atoms with Gasteiger partial charge in [0, 0.05) is 98.6 Å². The molecule has 662 valence electrons. The maximum atomic E-state index is 14.6. The van der Waals surface area contributed by atoms with Crippen molar-refractivity contribution in [2.24, 2.45) is 15.9 Å². The van der Waals surface area contributed by atoms with Gasteiger partial charge in [0.15, 0.2) is 61.7 Å². The van der Waals surface area contributed by atoms with E-state index in [4.69, 9.17) is 56.2 Å². The van der Waals surface area contributed by atoms with Crippen LogP contribution in [0.25, 0.3) is 0 Å². The van der Waals surface area contributed by atoms with Crippen molar-refractivity contribution in [3.05, 3.63) is 248 Å². The molecule has 35 nitrogen and oxygen atoms in total. The number of hydrogen-bond donors (Lipinski definition) is 6. The summed E-state index contributed by atoms with van der Waals surface area (Å²) in [6.45, 7) is 0.992. The number of nitrogens with one attached hydrogen (secondary N) is 1. The molecule has 0 spiro atoms. The molecule has 126 heavy (non-hydrogen) atoms. The number of carbonyl (C=O) groups excluding carboxylic acids is 6. The number of benzene rings is 8. The lowest BCUT2D eigenvalue weighted by Crippen LogP contribution is -2.60. The summed E-state index contributed by atoms with van der Waals surface area (Å²) in [5, 5.41) is 53.0. The number of nitrogens with zero attached hydrogens (tertiary/aromatic N) is 7. The van der Waals surface area contributed by atoms with Gasteiger partial charge in [-0.2, -0.15) is 8.42 Å². The van der Waals surface area contributed by atoms with E-state index in [1.165, 1.54) is 73.5 Å². The molecule has 5 aliphatic rings. The Labute approximate surface area is 724 Å². The van der Waals surface area contributed by atoms with Gasteiger partial charge in [0.25, 0.3) is 21.9 Å². The summed E-state index contributed by atoms with van der Waals surface area (Å²) in [5.74, 6) is -7.21. The quantitative estimate of drug-likeness (QED) is 0.0133. The lowest BCUT2D eigenvalue weighted by Gasteiger charge is -2.39. The zero-order valence-corrected chi connectivity index (χ0v) is 70.8. The van der Waals surface area contributed by atoms with Gasteiger partial charge in [-0.1, -0.05) is 89.6 Å². The Hall–Kier alpha value is -12.2. The third-order valence-electron chi connectivity index (χ3n) is 21.7. The fraction of sp³-hybridized carbons (Fsp3) is 0.341. The predicted molar refractivity (Wildman–Crippen MR) is 449 cm³/mol. The second-order valence-electron chi connectivity index (χ2n) is 30.5. The molecule has 3 amide bonds. The number of aliphatic hydroxyl groups excluding tert-OH is 4. The molecule has 5 aliphatic heterocycles. The maximum Gasteiger partial charge on any atom is 0.501 e. The number of rotatable bonds is 39. The van der Waals surface area contributed by atoms with Crippen molar-refractivity contribution in [1.82, 2.24) is 30.1 Å². The van der Waals surface area contributed by atoms with Crippen LogP contribution in [0.4, 0.5) is 0 Å². The van der Waals surface area contributed by atoms with E-state index < -0.39 is 145 Å². The first kappa shape index (κ1) is 90.0. The van der Waals surface area contributed by atoms with Crippen molar-refractivity contribution >= 4 is 77.9 Å². The Kier molecular flexibility index (Phi) is 28.3. The zero-order chi connectivity index (χ0) is 89.1. The third-order valence-corrected chi connectivity index (χ3v) is 25.0. The minimum atomic E-state index is -5.35. The number of ether oxygens (including phenoxy) is 8. The van der Waals surface area contributed by atoms with Crippen molar-refractivity contribution in [3.8, 4) is 40.2 Å². The Morgan fingerprint density at radius 1 is 0.587 bits per heavy atom.